The van der Waals surface area contributed by atoms with Gasteiger partial charge in [-0.15, -0.1) is 0 Å². The first-order chi connectivity index (χ1) is 14.2. The second kappa shape index (κ2) is 8.89. The van der Waals surface area contributed by atoms with Gasteiger partial charge in [-0.3, -0.25) is 4.79 Å². The third kappa shape index (κ3) is 4.64. The first-order valence-corrected chi connectivity index (χ1v) is 10.2. The van der Waals surface area contributed by atoms with Gasteiger partial charge in [0, 0.05) is 57.2 Å². The molecule has 3 heterocycles. The van der Waals surface area contributed by atoms with E-state index in [1.807, 2.05) is 35.2 Å². The minimum Gasteiger partial charge on any atom is -0.370 e. The molecule has 8 nitrogen and oxygen atoms in total. The molecule has 152 valence electrons. The Morgan fingerprint density at radius 3 is 2.41 bits per heavy atom. The zero-order chi connectivity index (χ0) is 20.1. The fourth-order valence-electron chi connectivity index (χ4n) is 3.72. The third-order valence-corrected chi connectivity index (χ3v) is 5.43. The van der Waals surface area contributed by atoms with Crippen molar-refractivity contribution in [2.24, 2.45) is 10.7 Å². The lowest BCUT2D eigenvalue weighted by Crippen LogP contribution is -2.51. The number of piperidine rings is 1. The SMILES string of the molecule is NC(=NCc1ccc(N2CCCCC2=O)cc1)N1CCN(c2ncccn2)CC1. The maximum Gasteiger partial charge on any atom is 0.226 e. The summed E-state index contributed by atoms with van der Waals surface area (Å²) in [5.74, 6) is 1.54. The summed E-state index contributed by atoms with van der Waals surface area (Å²) < 4.78 is 0. The van der Waals surface area contributed by atoms with Gasteiger partial charge >= 0.3 is 0 Å². The molecule has 0 saturated carbocycles. The first kappa shape index (κ1) is 19.2. The van der Waals surface area contributed by atoms with E-state index in [1.165, 1.54) is 0 Å². The zero-order valence-electron chi connectivity index (χ0n) is 16.6. The van der Waals surface area contributed by atoms with E-state index in [0.29, 0.717) is 18.9 Å². The second-order valence-corrected chi connectivity index (χ2v) is 7.37. The maximum absolute atomic E-state index is 12.1. The summed E-state index contributed by atoms with van der Waals surface area (Å²) in [6, 6.07) is 9.88. The number of hydrogen-bond donors (Lipinski definition) is 1. The van der Waals surface area contributed by atoms with Crippen LogP contribution in [-0.4, -0.2) is 59.5 Å². The number of guanidine groups is 1. The number of aliphatic imine (C=N–C) groups is 1. The number of benzene rings is 1. The molecule has 1 aromatic heterocycles. The Hall–Kier alpha value is -3.16. The molecule has 2 N–H and O–H groups in total. The normalized spacial score (nSPS) is 18.3. The summed E-state index contributed by atoms with van der Waals surface area (Å²) in [5, 5.41) is 0. The molecule has 29 heavy (non-hydrogen) atoms. The minimum atomic E-state index is 0.214. The van der Waals surface area contributed by atoms with Gasteiger partial charge in [0.2, 0.25) is 11.9 Å². The topological polar surface area (TPSA) is 91.0 Å². The number of aromatic nitrogens is 2. The maximum atomic E-state index is 12.1. The fourth-order valence-corrected chi connectivity index (χ4v) is 3.72. The molecular weight excluding hydrogens is 366 g/mol. The smallest absolute Gasteiger partial charge is 0.226 e. The van der Waals surface area contributed by atoms with Crippen molar-refractivity contribution in [1.82, 2.24) is 14.9 Å². The van der Waals surface area contributed by atoms with Gasteiger partial charge in [0.1, 0.15) is 0 Å². The largest absolute Gasteiger partial charge is 0.370 e. The number of carbonyl (C=O) groups is 1. The highest BCUT2D eigenvalue weighted by molar-refractivity contribution is 5.93. The molecule has 8 heteroatoms. The molecule has 0 aliphatic carbocycles. The number of nitrogens with zero attached hydrogens (tertiary/aromatic N) is 6. The molecule has 0 atom stereocenters. The summed E-state index contributed by atoms with van der Waals surface area (Å²) in [5.41, 5.74) is 8.27. The van der Waals surface area contributed by atoms with E-state index in [4.69, 9.17) is 5.73 Å². The molecular formula is C21H27N7O. The Morgan fingerprint density at radius 1 is 1.00 bits per heavy atom. The van der Waals surface area contributed by atoms with E-state index in [-0.39, 0.29) is 5.91 Å². The molecule has 0 unspecified atom stereocenters. The van der Waals surface area contributed by atoms with Gasteiger partial charge in [0.15, 0.2) is 5.96 Å². The van der Waals surface area contributed by atoms with Crippen molar-refractivity contribution in [3.63, 3.8) is 0 Å². The third-order valence-electron chi connectivity index (χ3n) is 5.43. The van der Waals surface area contributed by atoms with Gasteiger partial charge in [-0.25, -0.2) is 15.0 Å². The van der Waals surface area contributed by atoms with Gasteiger partial charge in [-0.2, -0.15) is 0 Å². The molecule has 4 rings (SSSR count). The number of hydrogen-bond acceptors (Lipinski definition) is 5. The Kier molecular flexibility index (Phi) is 5.88. The second-order valence-electron chi connectivity index (χ2n) is 7.37. The summed E-state index contributed by atoms with van der Waals surface area (Å²) in [6.07, 6.45) is 6.23. The van der Waals surface area contributed by atoms with Crippen LogP contribution in [0.15, 0.2) is 47.7 Å². The van der Waals surface area contributed by atoms with Crippen LogP contribution in [0.1, 0.15) is 24.8 Å². The fraction of sp³-hybridized carbons (Fsp3) is 0.429. The molecule has 2 fully saturated rings. The number of anilines is 2. The Labute approximate surface area is 171 Å². The van der Waals surface area contributed by atoms with E-state index in [0.717, 1.165) is 62.8 Å². The van der Waals surface area contributed by atoms with Crippen molar-refractivity contribution in [2.75, 3.05) is 42.5 Å². The van der Waals surface area contributed by atoms with Crippen LogP contribution >= 0.6 is 0 Å². The molecule has 0 radical (unpaired) electrons. The van der Waals surface area contributed by atoms with Gasteiger partial charge in [-0.05, 0) is 36.6 Å². The molecule has 1 amide bonds. The molecule has 2 saturated heterocycles. The van der Waals surface area contributed by atoms with Crippen LogP contribution < -0.4 is 15.5 Å². The van der Waals surface area contributed by atoms with Crippen LogP contribution in [0.25, 0.3) is 0 Å². The minimum absolute atomic E-state index is 0.214. The van der Waals surface area contributed by atoms with Gasteiger partial charge < -0.3 is 20.4 Å². The predicted molar refractivity (Wildman–Crippen MR) is 114 cm³/mol. The van der Waals surface area contributed by atoms with Gasteiger partial charge in [0.05, 0.1) is 6.54 Å². The average Bonchev–Trinajstić information content (AvgIpc) is 2.79. The standard InChI is InChI=1S/C21H27N7O/c22-20(26-12-14-27(15-13-26)21-23-9-3-10-24-21)25-16-17-5-7-18(8-6-17)28-11-2-1-4-19(28)29/h3,5-10H,1-2,4,11-16H2,(H2,22,25). The Balaban J connectivity index is 1.30. The number of nitrogens with two attached hydrogens (primary N) is 1. The van der Waals surface area contributed by atoms with E-state index in [9.17, 15) is 4.79 Å². The highest BCUT2D eigenvalue weighted by Crippen LogP contribution is 2.21. The van der Waals surface area contributed by atoms with Crippen molar-refractivity contribution in [3.05, 3.63) is 48.3 Å². The van der Waals surface area contributed by atoms with Crippen molar-refractivity contribution in [3.8, 4) is 0 Å². The van der Waals surface area contributed by atoms with Gasteiger partial charge in [0.25, 0.3) is 0 Å². The van der Waals surface area contributed by atoms with E-state index in [2.05, 4.69) is 24.8 Å². The lowest BCUT2D eigenvalue weighted by Gasteiger charge is -2.35. The summed E-state index contributed by atoms with van der Waals surface area (Å²) in [4.78, 5) is 31.4. The summed E-state index contributed by atoms with van der Waals surface area (Å²) in [7, 11) is 0. The van der Waals surface area contributed by atoms with Crippen LogP contribution in [0.4, 0.5) is 11.6 Å². The molecule has 2 aliphatic heterocycles. The van der Waals surface area contributed by atoms with Gasteiger partial charge in [-0.1, -0.05) is 12.1 Å². The lowest BCUT2D eigenvalue weighted by molar-refractivity contribution is -0.119. The Morgan fingerprint density at radius 2 is 1.72 bits per heavy atom. The van der Waals surface area contributed by atoms with Crippen molar-refractivity contribution < 1.29 is 4.79 Å². The summed E-state index contributed by atoms with van der Waals surface area (Å²) in [6.45, 7) is 4.57. The van der Waals surface area contributed by atoms with Crippen molar-refractivity contribution in [1.29, 1.82) is 0 Å². The number of amides is 1. The van der Waals surface area contributed by atoms with Crippen LogP contribution in [0.3, 0.4) is 0 Å². The lowest BCUT2D eigenvalue weighted by atomic mass is 10.1. The quantitative estimate of drug-likeness (QED) is 0.627. The van der Waals surface area contributed by atoms with Crippen molar-refractivity contribution >= 4 is 23.5 Å². The highest BCUT2D eigenvalue weighted by atomic mass is 16.2. The highest BCUT2D eigenvalue weighted by Gasteiger charge is 2.20. The van der Waals surface area contributed by atoms with Crippen molar-refractivity contribution in [2.45, 2.75) is 25.8 Å². The molecule has 1 aromatic carbocycles. The van der Waals surface area contributed by atoms with Crippen LogP contribution in [0.2, 0.25) is 0 Å². The van der Waals surface area contributed by atoms with Crippen LogP contribution in [0, 0.1) is 0 Å². The van der Waals surface area contributed by atoms with E-state index >= 15 is 0 Å². The Bertz CT molecular complexity index is 845. The summed E-state index contributed by atoms with van der Waals surface area (Å²) >= 11 is 0. The first-order valence-electron chi connectivity index (χ1n) is 10.2. The monoisotopic (exact) mass is 393 g/mol. The molecule has 0 bridgehead atoms. The number of piperazine rings is 1. The molecule has 0 spiro atoms. The zero-order valence-corrected chi connectivity index (χ0v) is 16.6. The molecule has 2 aromatic rings. The molecule has 2 aliphatic rings. The van der Waals surface area contributed by atoms with Crippen LogP contribution in [-0.2, 0) is 11.3 Å². The average molecular weight is 393 g/mol. The van der Waals surface area contributed by atoms with Crippen LogP contribution in [0.5, 0.6) is 0 Å². The van der Waals surface area contributed by atoms with E-state index in [1.54, 1.807) is 12.4 Å². The predicted octanol–water partition coefficient (Wildman–Crippen LogP) is 1.63. The van der Waals surface area contributed by atoms with E-state index < -0.39 is 0 Å². The number of carbonyl (C=O) groups excluding carboxylic acids is 1. The number of rotatable bonds is 4.